The van der Waals surface area contributed by atoms with Gasteiger partial charge in [0.25, 0.3) is 0 Å². The van der Waals surface area contributed by atoms with Gasteiger partial charge in [0.15, 0.2) is 10.0 Å². The van der Waals surface area contributed by atoms with Crippen LogP contribution < -0.4 is 0 Å². The van der Waals surface area contributed by atoms with Crippen LogP contribution in [0.25, 0.3) is 10.0 Å². The van der Waals surface area contributed by atoms with Crippen molar-refractivity contribution < 1.29 is 0 Å². The molecule has 0 atom stereocenters. The molecule has 0 aromatic carbocycles. The van der Waals surface area contributed by atoms with E-state index in [0.29, 0.717) is 0 Å². The average molecular weight is 354 g/mol. The van der Waals surface area contributed by atoms with Crippen molar-refractivity contribution in [3.05, 3.63) is 22.1 Å². The van der Waals surface area contributed by atoms with Gasteiger partial charge in [-0.25, -0.2) is 9.97 Å². The van der Waals surface area contributed by atoms with Gasteiger partial charge in [0.2, 0.25) is 0 Å². The largest absolute Gasteiger partial charge is 0.238 e. The number of rotatable bonds is 3. The van der Waals surface area contributed by atoms with Gasteiger partial charge in [-0.1, -0.05) is 31.9 Å². The standard InChI is InChI=1S/C8H6Br2N2S2/c9-1-5-3-13-7(11-5)8-12-6(2-10)4-14-8/h3-4H,1-2H2. The average Bonchev–Trinajstić information content (AvgIpc) is 2.86. The molecule has 0 spiro atoms. The van der Waals surface area contributed by atoms with E-state index in [9.17, 15) is 0 Å². The third kappa shape index (κ3) is 2.24. The Balaban J connectivity index is 2.29. The van der Waals surface area contributed by atoms with Gasteiger partial charge in [0, 0.05) is 21.4 Å². The van der Waals surface area contributed by atoms with Gasteiger partial charge in [-0.2, -0.15) is 0 Å². The van der Waals surface area contributed by atoms with Crippen LogP contribution in [0.2, 0.25) is 0 Å². The summed E-state index contributed by atoms with van der Waals surface area (Å²) < 4.78 is 0. The van der Waals surface area contributed by atoms with Crippen molar-refractivity contribution in [3.63, 3.8) is 0 Å². The molecule has 0 bridgehead atoms. The summed E-state index contributed by atoms with van der Waals surface area (Å²) in [5.41, 5.74) is 2.14. The molecule has 0 radical (unpaired) electrons. The lowest BCUT2D eigenvalue weighted by Gasteiger charge is -1.86. The van der Waals surface area contributed by atoms with Gasteiger partial charge < -0.3 is 0 Å². The van der Waals surface area contributed by atoms with Crippen molar-refractivity contribution in [1.29, 1.82) is 0 Å². The Bertz CT molecular complexity index is 384. The summed E-state index contributed by atoms with van der Waals surface area (Å²) in [5.74, 6) is 0. The van der Waals surface area contributed by atoms with Crippen molar-refractivity contribution in [2.45, 2.75) is 10.7 Å². The molecule has 0 aliphatic carbocycles. The van der Waals surface area contributed by atoms with E-state index in [4.69, 9.17) is 0 Å². The molecule has 2 aromatic rings. The Kier molecular flexibility index (Phi) is 3.70. The lowest BCUT2D eigenvalue weighted by molar-refractivity contribution is 1.21. The highest BCUT2D eigenvalue weighted by Crippen LogP contribution is 2.28. The summed E-state index contributed by atoms with van der Waals surface area (Å²) in [6, 6.07) is 0. The Labute approximate surface area is 107 Å². The zero-order valence-electron chi connectivity index (χ0n) is 7.04. The van der Waals surface area contributed by atoms with E-state index < -0.39 is 0 Å². The molecule has 0 unspecified atom stereocenters. The number of thiazole rings is 2. The monoisotopic (exact) mass is 352 g/mol. The van der Waals surface area contributed by atoms with Crippen LogP contribution >= 0.6 is 54.5 Å². The summed E-state index contributed by atoms with van der Waals surface area (Å²) in [4.78, 5) is 8.90. The van der Waals surface area contributed by atoms with Crippen LogP contribution in [-0.4, -0.2) is 9.97 Å². The highest BCUT2D eigenvalue weighted by atomic mass is 79.9. The highest BCUT2D eigenvalue weighted by Gasteiger charge is 2.08. The van der Waals surface area contributed by atoms with Crippen molar-refractivity contribution >= 4 is 54.5 Å². The third-order valence-corrected chi connectivity index (χ3v) is 4.63. The highest BCUT2D eigenvalue weighted by molar-refractivity contribution is 9.08. The van der Waals surface area contributed by atoms with E-state index in [1.807, 2.05) is 0 Å². The van der Waals surface area contributed by atoms with E-state index in [1.165, 1.54) is 0 Å². The van der Waals surface area contributed by atoms with Crippen LogP contribution in [0.1, 0.15) is 11.4 Å². The molecule has 0 aliphatic rings. The maximum absolute atomic E-state index is 4.45. The second-order valence-corrected chi connectivity index (χ2v) is 5.39. The summed E-state index contributed by atoms with van der Waals surface area (Å²) >= 11 is 10.0. The molecule has 74 valence electrons. The second-order valence-electron chi connectivity index (χ2n) is 2.56. The molecular formula is C8H6Br2N2S2. The van der Waals surface area contributed by atoms with E-state index in [0.717, 1.165) is 32.1 Å². The number of hydrogen-bond donors (Lipinski definition) is 0. The summed E-state index contributed by atoms with van der Waals surface area (Å²) in [6.45, 7) is 0. The zero-order chi connectivity index (χ0) is 9.97. The molecule has 2 rings (SSSR count). The molecular weight excluding hydrogens is 348 g/mol. The van der Waals surface area contributed by atoms with E-state index in [2.05, 4.69) is 52.6 Å². The molecule has 2 aromatic heterocycles. The molecule has 2 heterocycles. The lowest BCUT2D eigenvalue weighted by atomic mass is 10.5. The minimum atomic E-state index is 0.806. The lowest BCUT2D eigenvalue weighted by Crippen LogP contribution is -1.79. The Morgan fingerprint density at radius 2 is 1.36 bits per heavy atom. The molecule has 0 N–H and O–H groups in total. The maximum atomic E-state index is 4.45. The minimum Gasteiger partial charge on any atom is -0.238 e. The fourth-order valence-electron chi connectivity index (χ4n) is 0.933. The van der Waals surface area contributed by atoms with Gasteiger partial charge in [-0.3, -0.25) is 0 Å². The first kappa shape index (κ1) is 10.7. The molecule has 0 amide bonds. The maximum Gasteiger partial charge on any atom is 0.152 e. The fourth-order valence-corrected chi connectivity index (χ4v) is 3.63. The van der Waals surface area contributed by atoms with Crippen LogP contribution in [0.5, 0.6) is 0 Å². The Hall–Kier alpha value is 0.220. The quantitative estimate of drug-likeness (QED) is 0.777. The van der Waals surface area contributed by atoms with Crippen LogP contribution in [0.4, 0.5) is 0 Å². The zero-order valence-corrected chi connectivity index (χ0v) is 11.8. The first-order valence-electron chi connectivity index (χ1n) is 3.84. The summed E-state index contributed by atoms with van der Waals surface area (Å²) in [7, 11) is 0. The number of halogens is 2. The predicted octanol–water partition coefficient (Wildman–Crippen LogP) is 4.06. The molecule has 0 fully saturated rings. The Morgan fingerprint density at radius 3 is 1.64 bits per heavy atom. The van der Waals surface area contributed by atoms with Crippen LogP contribution in [-0.2, 0) is 10.7 Å². The van der Waals surface area contributed by atoms with Crippen LogP contribution in [0, 0.1) is 0 Å². The second kappa shape index (κ2) is 4.83. The molecule has 0 saturated heterocycles. The molecule has 2 nitrogen and oxygen atoms in total. The van der Waals surface area contributed by atoms with Gasteiger partial charge in [0.05, 0.1) is 11.4 Å². The van der Waals surface area contributed by atoms with Crippen molar-refractivity contribution in [3.8, 4) is 10.0 Å². The molecule has 6 heteroatoms. The van der Waals surface area contributed by atoms with Gasteiger partial charge in [-0.05, 0) is 0 Å². The summed E-state index contributed by atoms with van der Waals surface area (Å²) in [6.07, 6.45) is 0. The van der Waals surface area contributed by atoms with E-state index >= 15 is 0 Å². The smallest absolute Gasteiger partial charge is 0.152 e. The molecule has 0 aliphatic heterocycles. The van der Waals surface area contributed by atoms with Crippen molar-refractivity contribution in [1.82, 2.24) is 9.97 Å². The van der Waals surface area contributed by atoms with Crippen LogP contribution in [0.15, 0.2) is 10.8 Å². The minimum absolute atomic E-state index is 0.806. The first-order chi connectivity index (χ1) is 6.83. The normalized spacial score (nSPS) is 10.7. The first-order valence-corrected chi connectivity index (χ1v) is 7.85. The van der Waals surface area contributed by atoms with Crippen LogP contribution in [0.3, 0.4) is 0 Å². The van der Waals surface area contributed by atoms with Gasteiger partial charge in [0.1, 0.15) is 0 Å². The third-order valence-electron chi connectivity index (χ3n) is 1.56. The number of hydrogen-bond acceptors (Lipinski definition) is 4. The SMILES string of the molecule is BrCc1csc(-c2nc(CBr)cs2)n1. The number of nitrogens with zero attached hydrogens (tertiary/aromatic N) is 2. The topological polar surface area (TPSA) is 25.8 Å². The Morgan fingerprint density at radius 1 is 0.929 bits per heavy atom. The van der Waals surface area contributed by atoms with Crippen molar-refractivity contribution in [2.24, 2.45) is 0 Å². The number of alkyl halides is 2. The molecule has 0 saturated carbocycles. The fraction of sp³-hybridized carbons (Fsp3) is 0.250. The van der Waals surface area contributed by atoms with Gasteiger partial charge in [-0.15, -0.1) is 22.7 Å². The predicted molar refractivity (Wildman–Crippen MR) is 68.5 cm³/mol. The number of aromatic nitrogens is 2. The summed E-state index contributed by atoms with van der Waals surface area (Å²) in [5, 5.41) is 7.74. The van der Waals surface area contributed by atoms with E-state index in [1.54, 1.807) is 22.7 Å². The van der Waals surface area contributed by atoms with Gasteiger partial charge >= 0.3 is 0 Å². The molecule has 14 heavy (non-hydrogen) atoms. The van der Waals surface area contributed by atoms with Crippen molar-refractivity contribution in [2.75, 3.05) is 0 Å². The van der Waals surface area contributed by atoms with E-state index in [-0.39, 0.29) is 0 Å².